The minimum absolute atomic E-state index is 0.0762. The molecule has 0 aliphatic carbocycles. The van der Waals surface area contributed by atoms with Crippen LogP contribution in [0.25, 0.3) is 0 Å². The number of carbonyl (C=O) groups is 2. The van der Waals surface area contributed by atoms with Gasteiger partial charge in [-0.15, -0.1) is 0 Å². The van der Waals surface area contributed by atoms with Gasteiger partial charge in [-0.1, -0.05) is 30.3 Å². The molecule has 3 amide bonds. The van der Waals surface area contributed by atoms with Crippen molar-refractivity contribution in [1.82, 2.24) is 20.0 Å². The molecule has 2 aliphatic heterocycles. The average molecular weight is 416 g/mol. The van der Waals surface area contributed by atoms with Gasteiger partial charge in [0.2, 0.25) is 0 Å². The third-order valence-corrected chi connectivity index (χ3v) is 5.80. The van der Waals surface area contributed by atoms with Crippen molar-refractivity contribution in [2.45, 2.75) is 19.5 Å². The van der Waals surface area contributed by atoms with E-state index in [1.807, 2.05) is 60.3 Å². The third-order valence-electron chi connectivity index (χ3n) is 5.80. The molecular weight excluding hydrogens is 392 g/mol. The molecule has 0 unspecified atom stereocenters. The topological polar surface area (TPSA) is 82.5 Å². The fourth-order valence-corrected chi connectivity index (χ4v) is 4.12. The number of benzene rings is 2. The monoisotopic (exact) mass is 416 g/mol. The van der Waals surface area contributed by atoms with Gasteiger partial charge in [-0.05, 0) is 35.7 Å². The van der Waals surface area contributed by atoms with Crippen LogP contribution >= 0.6 is 0 Å². The van der Waals surface area contributed by atoms with Gasteiger partial charge in [0.15, 0.2) is 5.82 Å². The quantitative estimate of drug-likeness (QED) is 0.685. The van der Waals surface area contributed by atoms with Crippen LogP contribution in [-0.2, 0) is 19.5 Å². The molecule has 0 saturated carbocycles. The van der Waals surface area contributed by atoms with Crippen LogP contribution in [0.15, 0.2) is 54.6 Å². The lowest BCUT2D eigenvalue weighted by Gasteiger charge is -2.26. The van der Waals surface area contributed by atoms with Gasteiger partial charge in [0.25, 0.3) is 5.91 Å². The molecule has 31 heavy (non-hydrogen) atoms. The van der Waals surface area contributed by atoms with E-state index in [4.69, 9.17) is 0 Å². The highest BCUT2D eigenvalue weighted by Gasteiger charge is 2.26. The van der Waals surface area contributed by atoms with Gasteiger partial charge in [-0.2, -0.15) is 5.10 Å². The van der Waals surface area contributed by atoms with Crippen LogP contribution in [0.3, 0.4) is 0 Å². The maximum atomic E-state index is 12.3. The summed E-state index contributed by atoms with van der Waals surface area (Å²) in [5, 5.41) is 10.2. The molecule has 0 fully saturated rings. The SMILES string of the molecule is CN1CCc2cc(N3CCn4nc(NC(=O)NCc5ccccc5)cc43)ccc2C1=O. The van der Waals surface area contributed by atoms with Crippen LogP contribution in [0.5, 0.6) is 0 Å². The number of hydrogen-bond donors (Lipinski definition) is 2. The Hall–Kier alpha value is -3.81. The van der Waals surface area contributed by atoms with Crippen molar-refractivity contribution < 1.29 is 9.59 Å². The van der Waals surface area contributed by atoms with Crippen molar-refractivity contribution in [1.29, 1.82) is 0 Å². The van der Waals surface area contributed by atoms with E-state index in [-0.39, 0.29) is 11.9 Å². The van der Waals surface area contributed by atoms with Crippen LogP contribution in [0.2, 0.25) is 0 Å². The van der Waals surface area contributed by atoms with Gasteiger partial charge >= 0.3 is 6.03 Å². The average Bonchev–Trinajstić information content (AvgIpc) is 3.35. The first-order valence-corrected chi connectivity index (χ1v) is 10.4. The van der Waals surface area contributed by atoms with Gasteiger partial charge in [-0.3, -0.25) is 10.1 Å². The number of aromatic nitrogens is 2. The van der Waals surface area contributed by atoms with Gasteiger partial charge in [0.1, 0.15) is 5.82 Å². The molecule has 0 bridgehead atoms. The maximum Gasteiger partial charge on any atom is 0.320 e. The summed E-state index contributed by atoms with van der Waals surface area (Å²) in [6, 6.07) is 17.4. The van der Waals surface area contributed by atoms with Crippen LogP contribution in [0.1, 0.15) is 21.5 Å². The molecule has 0 atom stereocenters. The van der Waals surface area contributed by atoms with Gasteiger partial charge in [0, 0.05) is 44.0 Å². The van der Waals surface area contributed by atoms with Crippen molar-refractivity contribution in [3.63, 3.8) is 0 Å². The summed E-state index contributed by atoms with van der Waals surface area (Å²) >= 11 is 0. The second kappa shape index (κ2) is 7.79. The van der Waals surface area contributed by atoms with E-state index in [1.54, 1.807) is 4.90 Å². The second-order valence-corrected chi connectivity index (χ2v) is 7.87. The van der Waals surface area contributed by atoms with Crippen LogP contribution in [0, 0.1) is 0 Å². The number of nitrogens with one attached hydrogen (secondary N) is 2. The highest BCUT2D eigenvalue weighted by Crippen LogP contribution is 2.34. The molecule has 2 aliphatic rings. The molecule has 0 radical (unpaired) electrons. The molecule has 0 spiro atoms. The van der Waals surface area contributed by atoms with Gasteiger partial charge in [-0.25, -0.2) is 9.48 Å². The number of carbonyl (C=O) groups excluding carboxylic acids is 2. The Bertz CT molecular complexity index is 1140. The zero-order valence-corrected chi connectivity index (χ0v) is 17.3. The summed E-state index contributed by atoms with van der Waals surface area (Å²) in [7, 11) is 1.84. The Morgan fingerprint density at radius 3 is 2.74 bits per heavy atom. The normalized spacial score (nSPS) is 14.9. The van der Waals surface area contributed by atoms with Gasteiger partial charge < -0.3 is 15.1 Å². The maximum absolute atomic E-state index is 12.3. The molecule has 2 aromatic carbocycles. The Kier molecular flexibility index (Phi) is 4.82. The van der Waals surface area contributed by atoms with E-state index in [1.165, 1.54) is 0 Å². The van der Waals surface area contributed by atoms with E-state index >= 15 is 0 Å². The lowest BCUT2D eigenvalue weighted by Crippen LogP contribution is -2.34. The van der Waals surface area contributed by atoms with E-state index in [9.17, 15) is 9.59 Å². The lowest BCUT2D eigenvalue weighted by molar-refractivity contribution is 0.0781. The molecule has 8 nitrogen and oxygen atoms in total. The minimum Gasteiger partial charge on any atom is -0.341 e. The lowest BCUT2D eigenvalue weighted by atomic mass is 9.98. The summed E-state index contributed by atoms with van der Waals surface area (Å²) in [6.45, 7) is 2.73. The highest BCUT2D eigenvalue weighted by molar-refractivity contribution is 5.97. The first-order valence-electron chi connectivity index (χ1n) is 10.4. The fourth-order valence-electron chi connectivity index (χ4n) is 4.12. The first kappa shape index (κ1) is 19.2. The Labute approximate surface area is 180 Å². The van der Waals surface area contributed by atoms with Gasteiger partial charge in [0.05, 0.1) is 6.54 Å². The molecular formula is C23H24N6O2. The van der Waals surface area contributed by atoms with Crippen molar-refractivity contribution in [3.05, 3.63) is 71.3 Å². The smallest absolute Gasteiger partial charge is 0.320 e. The van der Waals surface area contributed by atoms with Crippen LogP contribution in [-0.4, -0.2) is 46.8 Å². The van der Waals surface area contributed by atoms with Crippen molar-refractivity contribution >= 4 is 29.3 Å². The standard InChI is InChI=1S/C23H24N6O2/c1-27-10-9-17-13-18(7-8-19(17)22(27)30)28-11-12-29-21(28)14-20(26-29)25-23(31)24-15-16-5-3-2-4-6-16/h2-8,13-14H,9-12,15H2,1H3,(H2,24,25,26,31). The molecule has 3 aromatic rings. The molecule has 3 heterocycles. The van der Waals surface area contributed by atoms with Crippen LogP contribution < -0.4 is 15.5 Å². The molecule has 5 rings (SSSR count). The van der Waals surface area contributed by atoms with E-state index < -0.39 is 0 Å². The van der Waals surface area contributed by atoms with Crippen molar-refractivity contribution in [2.75, 3.05) is 30.4 Å². The number of fused-ring (bicyclic) bond motifs is 2. The number of rotatable bonds is 4. The highest BCUT2D eigenvalue weighted by atomic mass is 16.2. The number of hydrogen-bond acceptors (Lipinski definition) is 4. The number of amides is 3. The first-order chi connectivity index (χ1) is 15.1. The summed E-state index contributed by atoms with van der Waals surface area (Å²) in [4.78, 5) is 28.5. The Morgan fingerprint density at radius 2 is 1.90 bits per heavy atom. The molecule has 8 heteroatoms. The summed E-state index contributed by atoms with van der Waals surface area (Å²) in [6.07, 6.45) is 0.854. The zero-order chi connectivity index (χ0) is 21.4. The Morgan fingerprint density at radius 1 is 1.06 bits per heavy atom. The predicted molar refractivity (Wildman–Crippen MR) is 119 cm³/mol. The summed E-state index contributed by atoms with van der Waals surface area (Å²) in [5.74, 6) is 1.52. The predicted octanol–water partition coefficient (Wildman–Crippen LogP) is 2.98. The molecule has 0 saturated heterocycles. The number of urea groups is 1. The molecule has 1 aromatic heterocycles. The largest absolute Gasteiger partial charge is 0.341 e. The van der Waals surface area contributed by atoms with Crippen molar-refractivity contribution in [2.24, 2.45) is 0 Å². The Balaban J connectivity index is 1.28. The van der Waals surface area contributed by atoms with E-state index in [2.05, 4.69) is 26.7 Å². The number of nitrogens with zero attached hydrogens (tertiary/aromatic N) is 4. The van der Waals surface area contributed by atoms with Crippen molar-refractivity contribution in [3.8, 4) is 0 Å². The molecule has 2 N–H and O–H groups in total. The number of anilines is 3. The summed E-state index contributed by atoms with van der Waals surface area (Å²) < 4.78 is 1.89. The minimum atomic E-state index is -0.288. The molecule has 158 valence electrons. The summed E-state index contributed by atoms with van der Waals surface area (Å²) in [5.41, 5.74) is 3.93. The van der Waals surface area contributed by atoms with Crippen LogP contribution in [0.4, 0.5) is 22.1 Å². The second-order valence-electron chi connectivity index (χ2n) is 7.87. The third kappa shape index (κ3) is 3.72. The van der Waals surface area contributed by atoms with E-state index in [0.29, 0.717) is 12.4 Å². The fraction of sp³-hybridized carbons (Fsp3) is 0.261. The zero-order valence-electron chi connectivity index (χ0n) is 17.3. The number of likely N-dealkylation sites (N-methyl/N-ethyl adjacent to an activating group) is 1. The van der Waals surface area contributed by atoms with E-state index in [0.717, 1.165) is 54.3 Å².